The molecule has 23 heavy (non-hydrogen) atoms. The summed E-state index contributed by atoms with van der Waals surface area (Å²) in [5.74, 6) is -0.497. The number of rotatable bonds is 7. The van der Waals surface area contributed by atoms with Gasteiger partial charge in [0, 0.05) is 18.8 Å². The lowest BCUT2D eigenvalue weighted by Gasteiger charge is -2.23. The summed E-state index contributed by atoms with van der Waals surface area (Å²) in [4.78, 5) is 1.86. The summed E-state index contributed by atoms with van der Waals surface area (Å²) in [6, 6.07) is 10.8. The predicted octanol–water partition coefficient (Wildman–Crippen LogP) is 1.45. The summed E-state index contributed by atoms with van der Waals surface area (Å²) in [6.45, 7) is 0.528. The molecule has 124 valence electrons. The summed E-state index contributed by atoms with van der Waals surface area (Å²) in [7, 11) is -3.71. The van der Waals surface area contributed by atoms with Crippen molar-refractivity contribution < 1.29 is 23.0 Å². The highest BCUT2D eigenvalue weighted by Crippen LogP contribution is 2.23. The minimum absolute atomic E-state index is 0.0224. The lowest BCUT2D eigenvalue weighted by Crippen LogP contribution is -2.29. The number of aliphatic hydroxyl groups excluding tert-OH is 2. The van der Waals surface area contributed by atoms with Crippen LogP contribution in [0.4, 0.5) is 10.1 Å². The highest BCUT2D eigenvalue weighted by molar-refractivity contribution is 7.91. The molecule has 2 N–H and O–H groups in total. The van der Waals surface area contributed by atoms with Crippen LogP contribution >= 0.6 is 0 Å². The van der Waals surface area contributed by atoms with Crippen molar-refractivity contribution in [1.82, 2.24) is 0 Å². The fraction of sp³-hybridized carbons (Fsp3) is 0.250. The van der Waals surface area contributed by atoms with E-state index in [0.29, 0.717) is 18.8 Å². The molecule has 0 aliphatic heterocycles. The summed E-state index contributed by atoms with van der Waals surface area (Å²) in [5, 5.41) is 18.1. The summed E-state index contributed by atoms with van der Waals surface area (Å²) < 4.78 is 37.8. The van der Waals surface area contributed by atoms with Gasteiger partial charge in [0.2, 0.25) is 9.84 Å². The maximum absolute atomic E-state index is 12.9. The van der Waals surface area contributed by atoms with Crippen LogP contribution in [0.5, 0.6) is 0 Å². The van der Waals surface area contributed by atoms with Gasteiger partial charge >= 0.3 is 0 Å². The van der Waals surface area contributed by atoms with Crippen LogP contribution in [-0.4, -0.2) is 44.9 Å². The number of anilines is 1. The van der Waals surface area contributed by atoms with Gasteiger partial charge in [0.05, 0.1) is 23.0 Å². The zero-order chi connectivity index (χ0) is 16.9. The first-order valence-electron chi connectivity index (χ1n) is 7.06. The van der Waals surface area contributed by atoms with Crippen LogP contribution in [-0.2, 0) is 9.84 Å². The SMILES string of the molecule is O=S(=O)(c1ccc(F)cc1)c1ccc(N(CCO)CCO)cc1. The zero-order valence-electron chi connectivity index (χ0n) is 12.4. The third-order valence-electron chi connectivity index (χ3n) is 3.38. The van der Waals surface area contributed by atoms with E-state index in [1.165, 1.54) is 24.3 Å². The van der Waals surface area contributed by atoms with Crippen LogP contribution in [0.3, 0.4) is 0 Å². The van der Waals surface area contributed by atoms with Crippen molar-refractivity contribution in [2.45, 2.75) is 9.79 Å². The largest absolute Gasteiger partial charge is 0.395 e. The van der Waals surface area contributed by atoms with E-state index in [0.717, 1.165) is 12.1 Å². The molecule has 0 atom stereocenters. The van der Waals surface area contributed by atoms with Crippen molar-refractivity contribution in [1.29, 1.82) is 0 Å². The fourth-order valence-corrected chi connectivity index (χ4v) is 3.46. The van der Waals surface area contributed by atoms with Gasteiger partial charge in [0.1, 0.15) is 5.82 Å². The number of hydrogen-bond donors (Lipinski definition) is 2. The van der Waals surface area contributed by atoms with Gasteiger partial charge in [0.15, 0.2) is 0 Å². The second-order valence-corrected chi connectivity index (χ2v) is 6.84. The van der Waals surface area contributed by atoms with E-state index in [2.05, 4.69) is 0 Å². The quantitative estimate of drug-likeness (QED) is 0.747. The number of nitrogens with zero attached hydrogens (tertiary/aromatic N) is 1. The molecule has 0 saturated heterocycles. The first-order chi connectivity index (χ1) is 11.0. The predicted molar refractivity (Wildman–Crippen MR) is 84.7 cm³/mol. The standard InChI is InChI=1S/C16H18FNO4S/c17-13-1-5-15(6-2-13)23(21,22)16-7-3-14(4-8-16)18(9-11-19)10-12-20/h1-8,19-20H,9-12H2. The molecule has 0 unspecified atom stereocenters. The minimum atomic E-state index is -3.71. The van der Waals surface area contributed by atoms with Gasteiger partial charge in [-0.1, -0.05) is 0 Å². The Morgan fingerprint density at radius 1 is 0.826 bits per heavy atom. The third-order valence-corrected chi connectivity index (χ3v) is 5.16. The Labute approximate surface area is 134 Å². The molecule has 0 bridgehead atoms. The van der Waals surface area contributed by atoms with Crippen LogP contribution in [0.1, 0.15) is 0 Å². The monoisotopic (exact) mass is 339 g/mol. The van der Waals surface area contributed by atoms with E-state index in [-0.39, 0.29) is 23.0 Å². The van der Waals surface area contributed by atoms with Crippen LogP contribution in [0, 0.1) is 5.82 Å². The highest BCUT2D eigenvalue weighted by Gasteiger charge is 2.18. The molecular weight excluding hydrogens is 321 g/mol. The van der Waals surface area contributed by atoms with E-state index in [4.69, 9.17) is 10.2 Å². The molecule has 0 radical (unpaired) electrons. The van der Waals surface area contributed by atoms with Gasteiger partial charge in [-0.25, -0.2) is 12.8 Å². The van der Waals surface area contributed by atoms with Gasteiger partial charge in [-0.3, -0.25) is 0 Å². The van der Waals surface area contributed by atoms with Crippen molar-refractivity contribution in [2.75, 3.05) is 31.2 Å². The average Bonchev–Trinajstić information content (AvgIpc) is 2.55. The molecule has 2 aromatic rings. The lowest BCUT2D eigenvalue weighted by molar-refractivity contribution is 0.281. The molecule has 7 heteroatoms. The molecule has 0 fully saturated rings. The van der Waals surface area contributed by atoms with E-state index in [1.807, 2.05) is 0 Å². The first kappa shape index (κ1) is 17.4. The maximum atomic E-state index is 12.9. The number of benzene rings is 2. The molecule has 0 heterocycles. The second-order valence-electron chi connectivity index (χ2n) is 4.89. The van der Waals surface area contributed by atoms with Crippen LogP contribution in [0.25, 0.3) is 0 Å². The van der Waals surface area contributed by atoms with Gasteiger partial charge in [0.25, 0.3) is 0 Å². The number of hydrogen-bond acceptors (Lipinski definition) is 5. The first-order valence-corrected chi connectivity index (χ1v) is 8.54. The molecule has 5 nitrogen and oxygen atoms in total. The van der Waals surface area contributed by atoms with Crippen molar-refractivity contribution in [3.8, 4) is 0 Å². The van der Waals surface area contributed by atoms with E-state index >= 15 is 0 Å². The van der Waals surface area contributed by atoms with Gasteiger partial charge in [-0.2, -0.15) is 0 Å². The zero-order valence-corrected chi connectivity index (χ0v) is 13.2. The topological polar surface area (TPSA) is 77.8 Å². The molecule has 0 aromatic heterocycles. The van der Waals surface area contributed by atoms with E-state index < -0.39 is 15.7 Å². The fourth-order valence-electron chi connectivity index (χ4n) is 2.20. The Kier molecular flexibility index (Phi) is 5.70. The number of halogens is 1. The summed E-state index contributed by atoms with van der Waals surface area (Å²) in [5.41, 5.74) is 0.700. The van der Waals surface area contributed by atoms with Gasteiger partial charge in [-0.15, -0.1) is 0 Å². The Hall–Kier alpha value is -1.96. The Balaban J connectivity index is 2.29. The molecule has 2 rings (SSSR count). The molecule has 0 amide bonds. The Morgan fingerprint density at radius 2 is 1.26 bits per heavy atom. The molecular formula is C16H18FNO4S. The molecule has 0 aliphatic rings. The molecule has 2 aromatic carbocycles. The lowest BCUT2D eigenvalue weighted by atomic mass is 10.3. The molecule has 0 spiro atoms. The third kappa shape index (κ3) is 4.07. The van der Waals surface area contributed by atoms with E-state index in [9.17, 15) is 12.8 Å². The normalized spacial score (nSPS) is 11.4. The second kappa shape index (κ2) is 7.54. The van der Waals surface area contributed by atoms with E-state index in [1.54, 1.807) is 17.0 Å². The van der Waals surface area contributed by atoms with Gasteiger partial charge in [-0.05, 0) is 48.5 Å². The maximum Gasteiger partial charge on any atom is 0.206 e. The van der Waals surface area contributed by atoms with Crippen LogP contribution in [0.2, 0.25) is 0 Å². The molecule has 0 saturated carbocycles. The van der Waals surface area contributed by atoms with Crippen molar-refractivity contribution in [3.05, 3.63) is 54.3 Å². The Bertz CT molecular complexity index is 724. The highest BCUT2D eigenvalue weighted by atomic mass is 32.2. The summed E-state index contributed by atoms with van der Waals surface area (Å²) >= 11 is 0. The van der Waals surface area contributed by atoms with Crippen molar-refractivity contribution in [2.24, 2.45) is 0 Å². The van der Waals surface area contributed by atoms with Crippen LogP contribution in [0.15, 0.2) is 58.3 Å². The Morgan fingerprint density at radius 3 is 1.70 bits per heavy atom. The van der Waals surface area contributed by atoms with Gasteiger partial charge < -0.3 is 15.1 Å². The smallest absolute Gasteiger partial charge is 0.206 e. The minimum Gasteiger partial charge on any atom is -0.395 e. The van der Waals surface area contributed by atoms with Crippen LogP contribution < -0.4 is 4.90 Å². The average molecular weight is 339 g/mol. The van der Waals surface area contributed by atoms with Crippen molar-refractivity contribution >= 4 is 15.5 Å². The van der Waals surface area contributed by atoms with Crippen molar-refractivity contribution in [3.63, 3.8) is 0 Å². The molecule has 0 aliphatic carbocycles. The summed E-state index contributed by atoms with van der Waals surface area (Å²) in [6.07, 6.45) is 0. The number of sulfone groups is 1. The number of aliphatic hydroxyl groups is 2.